The lowest BCUT2D eigenvalue weighted by atomic mass is 10.3. The number of benzene rings is 2. The van der Waals surface area contributed by atoms with E-state index < -0.39 is 0 Å². The molecule has 0 fully saturated rings. The van der Waals surface area contributed by atoms with E-state index >= 15 is 0 Å². The summed E-state index contributed by atoms with van der Waals surface area (Å²) in [5, 5.41) is 2.71. The summed E-state index contributed by atoms with van der Waals surface area (Å²) in [5.41, 5.74) is 7.17. The number of nitrogens with two attached hydrogens (primary N) is 1. The Kier molecular flexibility index (Phi) is 31.0. The van der Waals surface area contributed by atoms with Gasteiger partial charge in [0.1, 0.15) is 24.7 Å². The molecule has 0 radical (unpaired) electrons. The Balaban J connectivity index is 1.15. The van der Waals surface area contributed by atoms with Gasteiger partial charge in [-0.15, -0.1) is 0 Å². The van der Waals surface area contributed by atoms with E-state index in [1.165, 1.54) is 6.92 Å². The summed E-state index contributed by atoms with van der Waals surface area (Å²) in [6, 6.07) is 14.5. The fraction of sp³-hybridized carbons (Fsp3) is 0.658. The Morgan fingerprint density at radius 2 is 0.722 bits per heavy atom. The van der Waals surface area contributed by atoms with Gasteiger partial charge in [-0.3, -0.25) is 4.79 Å². The molecular formula is C38H62N2O14. The Morgan fingerprint density at radius 3 is 1.04 bits per heavy atom. The molecule has 2 aromatic rings. The van der Waals surface area contributed by atoms with Crippen molar-refractivity contribution >= 4 is 17.3 Å². The van der Waals surface area contributed by atoms with Crippen LogP contribution < -0.4 is 20.5 Å². The molecule has 0 saturated heterocycles. The van der Waals surface area contributed by atoms with Crippen LogP contribution in [0, 0.1) is 0 Å². The van der Waals surface area contributed by atoms with E-state index in [-0.39, 0.29) is 5.91 Å². The van der Waals surface area contributed by atoms with Gasteiger partial charge >= 0.3 is 0 Å². The second-order valence-electron chi connectivity index (χ2n) is 11.2. The summed E-state index contributed by atoms with van der Waals surface area (Å²) in [5.74, 6) is 1.27. The lowest BCUT2D eigenvalue weighted by Gasteiger charge is -2.10. The Hall–Kier alpha value is -3.13. The van der Waals surface area contributed by atoms with Gasteiger partial charge in [-0.25, -0.2) is 0 Å². The maximum atomic E-state index is 11.0. The first kappa shape index (κ1) is 47.0. The maximum Gasteiger partial charge on any atom is 0.221 e. The smallest absolute Gasteiger partial charge is 0.221 e. The van der Waals surface area contributed by atoms with E-state index in [1.807, 2.05) is 18.2 Å². The number of carbonyl (C=O) groups excluding carboxylic acids is 1. The highest BCUT2D eigenvalue weighted by Gasteiger charge is 2.00. The molecule has 0 aromatic heterocycles. The number of para-hydroxylation sites is 2. The molecular weight excluding hydrogens is 708 g/mol. The molecule has 0 atom stereocenters. The molecule has 54 heavy (non-hydrogen) atoms. The van der Waals surface area contributed by atoms with Crippen LogP contribution in [0.1, 0.15) is 6.92 Å². The van der Waals surface area contributed by atoms with E-state index in [1.54, 1.807) is 30.3 Å². The minimum atomic E-state index is -0.110. The van der Waals surface area contributed by atoms with Crippen LogP contribution >= 0.6 is 0 Å². The van der Waals surface area contributed by atoms with Crippen molar-refractivity contribution in [2.45, 2.75) is 6.92 Å². The lowest BCUT2D eigenvalue weighted by molar-refractivity contribution is -0.114. The zero-order chi connectivity index (χ0) is 38.4. The molecule has 0 unspecified atom stereocenters. The normalized spacial score (nSPS) is 11.2. The first-order valence-electron chi connectivity index (χ1n) is 18.5. The summed E-state index contributed by atoms with van der Waals surface area (Å²) in [6.07, 6.45) is 0. The van der Waals surface area contributed by atoms with Crippen molar-refractivity contribution in [1.29, 1.82) is 0 Å². The Bertz CT molecular complexity index is 1130. The van der Waals surface area contributed by atoms with Gasteiger partial charge in [0.15, 0.2) is 0 Å². The summed E-state index contributed by atoms with van der Waals surface area (Å²) in [7, 11) is 0. The van der Waals surface area contributed by atoms with Gasteiger partial charge in [0.2, 0.25) is 5.91 Å². The molecule has 0 aliphatic heterocycles. The Labute approximate surface area is 320 Å². The zero-order valence-electron chi connectivity index (χ0n) is 31.9. The minimum absolute atomic E-state index is 0.110. The predicted molar refractivity (Wildman–Crippen MR) is 202 cm³/mol. The van der Waals surface area contributed by atoms with Crippen molar-refractivity contribution in [2.24, 2.45) is 0 Å². The van der Waals surface area contributed by atoms with Gasteiger partial charge in [-0.05, 0) is 36.4 Å². The van der Waals surface area contributed by atoms with Crippen molar-refractivity contribution in [2.75, 3.05) is 170 Å². The topological polar surface area (TPSA) is 175 Å². The number of nitrogen functional groups attached to an aromatic ring is 1. The molecule has 2 aromatic carbocycles. The molecule has 3 N–H and O–H groups in total. The maximum absolute atomic E-state index is 11.0. The Morgan fingerprint density at radius 1 is 0.426 bits per heavy atom. The molecule has 0 heterocycles. The van der Waals surface area contributed by atoms with Gasteiger partial charge in [-0.2, -0.15) is 0 Å². The van der Waals surface area contributed by atoms with Crippen LogP contribution in [0.2, 0.25) is 0 Å². The number of hydrogen-bond donors (Lipinski definition) is 2. The second kappa shape index (κ2) is 35.6. The van der Waals surface area contributed by atoms with Gasteiger partial charge in [0.05, 0.1) is 151 Å². The van der Waals surface area contributed by atoms with Crippen molar-refractivity contribution in [3.8, 4) is 11.5 Å². The standard InChI is InChI=1S/C38H62N2O14/c1-34(41)40-35-6-8-36(9-7-35)53-32-30-51-28-26-49-24-22-47-20-18-45-16-14-43-12-10-42-11-13-44-15-17-46-19-21-48-23-25-50-27-29-52-31-33-54-38-5-3-2-4-37(38)39/h2-9H,10-33,39H2,1H3,(H,40,41). The molecule has 0 aliphatic carbocycles. The molecule has 2 rings (SSSR count). The van der Waals surface area contributed by atoms with Crippen LogP contribution in [-0.2, 0) is 56.9 Å². The number of ether oxygens (including phenoxy) is 13. The minimum Gasteiger partial charge on any atom is -0.491 e. The van der Waals surface area contributed by atoms with E-state index in [2.05, 4.69) is 5.32 Å². The molecule has 0 spiro atoms. The third-order valence-corrected chi connectivity index (χ3v) is 6.80. The quantitative estimate of drug-likeness (QED) is 0.0750. The predicted octanol–water partition coefficient (Wildman–Crippen LogP) is 2.87. The third-order valence-electron chi connectivity index (χ3n) is 6.80. The van der Waals surface area contributed by atoms with Crippen LogP contribution in [0.25, 0.3) is 0 Å². The first-order chi connectivity index (χ1) is 26.6. The average molecular weight is 771 g/mol. The number of hydrogen-bond acceptors (Lipinski definition) is 15. The number of rotatable bonds is 39. The fourth-order valence-corrected chi connectivity index (χ4v) is 4.18. The van der Waals surface area contributed by atoms with Gasteiger partial charge in [0, 0.05) is 12.6 Å². The highest BCUT2D eigenvalue weighted by Crippen LogP contribution is 2.19. The monoisotopic (exact) mass is 770 g/mol. The van der Waals surface area contributed by atoms with Crippen LogP contribution in [0.3, 0.4) is 0 Å². The number of nitrogens with one attached hydrogen (secondary N) is 1. The molecule has 1 amide bonds. The first-order valence-corrected chi connectivity index (χ1v) is 18.5. The average Bonchev–Trinajstić information content (AvgIpc) is 3.17. The van der Waals surface area contributed by atoms with E-state index in [0.29, 0.717) is 176 Å². The van der Waals surface area contributed by atoms with E-state index in [0.717, 1.165) is 5.69 Å². The second-order valence-corrected chi connectivity index (χ2v) is 11.2. The third kappa shape index (κ3) is 29.3. The van der Waals surface area contributed by atoms with Gasteiger partial charge < -0.3 is 72.6 Å². The van der Waals surface area contributed by atoms with Gasteiger partial charge in [-0.1, -0.05) is 12.1 Å². The molecule has 0 aliphatic rings. The van der Waals surface area contributed by atoms with Crippen LogP contribution in [-0.4, -0.2) is 164 Å². The van der Waals surface area contributed by atoms with Crippen LogP contribution in [0.5, 0.6) is 11.5 Å². The number of anilines is 2. The van der Waals surface area contributed by atoms with E-state index in [9.17, 15) is 4.79 Å². The molecule has 308 valence electrons. The van der Waals surface area contributed by atoms with E-state index in [4.69, 9.17) is 67.3 Å². The SMILES string of the molecule is CC(=O)Nc1ccc(OCCOCCOCCOCCOCCOCCOCCOCCOCCOCCOCCOCCOc2ccccc2N)cc1. The molecule has 0 saturated carbocycles. The summed E-state index contributed by atoms with van der Waals surface area (Å²) >= 11 is 0. The van der Waals surface area contributed by atoms with Gasteiger partial charge in [0.25, 0.3) is 0 Å². The largest absolute Gasteiger partial charge is 0.491 e. The highest BCUT2D eigenvalue weighted by atomic mass is 16.6. The molecule has 16 heteroatoms. The van der Waals surface area contributed by atoms with Crippen molar-refractivity contribution in [3.63, 3.8) is 0 Å². The summed E-state index contributed by atoms with van der Waals surface area (Å²) in [4.78, 5) is 11.0. The van der Waals surface area contributed by atoms with Crippen LogP contribution in [0.15, 0.2) is 48.5 Å². The lowest BCUT2D eigenvalue weighted by Crippen LogP contribution is -2.15. The number of amides is 1. The van der Waals surface area contributed by atoms with Crippen molar-refractivity contribution in [3.05, 3.63) is 48.5 Å². The van der Waals surface area contributed by atoms with Crippen LogP contribution in [0.4, 0.5) is 11.4 Å². The summed E-state index contributed by atoms with van der Waals surface area (Å²) in [6.45, 7) is 13.1. The molecule has 0 bridgehead atoms. The highest BCUT2D eigenvalue weighted by molar-refractivity contribution is 5.88. The number of carbonyl (C=O) groups is 1. The fourth-order valence-electron chi connectivity index (χ4n) is 4.18. The summed E-state index contributed by atoms with van der Waals surface area (Å²) < 4.78 is 71.5. The zero-order valence-corrected chi connectivity index (χ0v) is 31.9. The molecule has 16 nitrogen and oxygen atoms in total. The van der Waals surface area contributed by atoms with Crippen molar-refractivity contribution in [1.82, 2.24) is 0 Å². The van der Waals surface area contributed by atoms with Crippen molar-refractivity contribution < 1.29 is 66.4 Å².